The molecule has 0 bridgehead atoms. The minimum Gasteiger partial charge on any atom is -0.438 e. The van der Waals surface area contributed by atoms with Crippen molar-refractivity contribution in [2.45, 2.75) is 83.2 Å². The second-order valence-corrected chi connectivity index (χ2v) is 8.83. The van der Waals surface area contributed by atoms with Gasteiger partial charge in [0.05, 0.1) is 12.2 Å². The smallest absolute Gasteiger partial charge is 0.237 e. The zero-order valence-corrected chi connectivity index (χ0v) is 19.5. The molecule has 6 heteroatoms. The van der Waals surface area contributed by atoms with Gasteiger partial charge in [0.2, 0.25) is 11.8 Å². The third-order valence-corrected chi connectivity index (χ3v) is 6.36. The number of carbonyl (C=O) groups excluding carboxylic acids is 2. The molecule has 174 valence electrons. The number of hydrogen-bond donors (Lipinski definition) is 1. The molecule has 0 spiro atoms. The first-order chi connectivity index (χ1) is 15.6. The highest BCUT2D eigenvalue weighted by Gasteiger charge is 2.28. The maximum atomic E-state index is 13.2. The van der Waals surface area contributed by atoms with Crippen LogP contribution < -0.4 is 5.32 Å². The molecule has 0 aliphatic carbocycles. The van der Waals surface area contributed by atoms with Gasteiger partial charge in [0, 0.05) is 18.4 Å². The summed E-state index contributed by atoms with van der Waals surface area (Å²) < 4.78 is 6.09. The van der Waals surface area contributed by atoms with Crippen molar-refractivity contribution >= 4 is 11.7 Å². The monoisotopic (exact) mass is 439 g/mol. The van der Waals surface area contributed by atoms with Gasteiger partial charge in [-0.05, 0) is 39.3 Å². The zero-order valence-electron chi connectivity index (χ0n) is 19.5. The lowest BCUT2D eigenvalue weighted by Crippen LogP contribution is -2.45. The molecule has 1 saturated heterocycles. The number of benzene rings is 1. The first-order valence-electron chi connectivity index (χ1n) is 12.1. The normalized spacial score (nSPS) is 18.1. The van der Waals surface area contributed by atoms with Gasteiger partial charge in [-0.2, -0.15) is 0 Å². The van der Waals surface area contributed by atoms with E-state index < -0.39 is 0 Å². The van der Waals surface area contributed by atoms with Crippen LogP contribution in [-0.4, -0.2) is 41.2 Å². The molecule has 6 nitrogen and oxygen atoms in total. The molecule has 2 unspecified atom stereocenters. The van der Waals surface area contributed by atoms with Crippen LogP contribution >= 0.6 is 0 Å². The fraction of sp³-hybridized carbons (Fsp3) is 0.577. The van der Waals surface area contributed by atoms with E-state index >= 15 is 0 Å². The number of aromatic nitrogens is 1. The predicted molar refractivity (Wildman–Crippen MR) is 126 cm³/mol. The number of oxazole rings is 1. The summed E-state index contributed by atoms with van der Waals surface area (Å²) >= 11 is 0. The molecule has 1 amide bonds. The number of Topliss-reactive ketones (excluding diaryl/α,β-unsaturated/α-hetero) is 1. The van der Waals surface area contributed by atoms with Crippen LogP contribution in [0, 0.1) is 0 Å². The molecule has 0 saturated carbocycles. The third-order valence-electron chi connectivity index (χ3n) is 6.36. The Morgan fingerprint density at radius 3 is 2.75 bits per heavy atom. The summed E-state index contributed by atoms with van der Waals surface area (Å²) in [7, 11) is 2.04. The summed E-state index contributed by atoms with van der Waals surface area (Å²) in [6.45, 7) is 2.86. The Labute approximate surface area is 191 Å². The van der Waals surface area contributed by atoms with Crippen molar-refractivity contribution in [1.29, 1.82) is 0 Å². The molecule has 1 aromatic heterocycles. The second-order valence-electron chi connectivity index (χ2n) is 8.83. The van der Waals surface area contributed by atoms with E-state index in [1.54, 1.807) is 6.20 Å². The van der Waals surface area contributed by atoms with Gasteiger partial charge in [-0.25, -0.2) is 4.98 Å². The van der Waals surface area contributed by atoms with Gasteiger partial charge in [-0.3, -0.25) is 14.5 Å². The van der Waals surface area contributed by atoms with E-state index in [1.165, 1.54) is 6.42 Å². The number of hydrogen-bond acceptors (Lipinski definition) is 5. The van der Waals surface area contributed by atoms with Crippen molar-refractivity contribution in [3.8, 4) is 11.3 Å². The van der Waals surface area contributed by atoms with Crippen molar-refractivity contribution in [3.05, 3.63) is 42.4 Å². The molecule has 1 aliphatic rings. The molecule has 1 aliphatic heterocycles. The topological polar surface area (TPSA) is 75.4 Å². The number of nitrogens with one attached hydrogen (secondary N) is 1. The molecular weight excluding hydrogens is 402 g/mol. The average Bonchev–Trinajstić information content (AvgIpc) is 3.20. The van der Waals surface area contributed by atoms with Crippen molar-refractivity contribution in [1.82, 2.24) is 15.2 Å². The van der Waals surface area contributed by atoms with Gasteiger partial charge in [-0.15, -0.1) is 0 Å². The summed E-state index contributed by atoms with van der Waals surface area (Å²) in [5.41, 5.74) is 0.970. The maximum absolute atomic E-state index is 13.2. The summed E-state index contributed by atoms with van der Waals surface area (Å²) in [5, 5.41) is 3.23. The Bertz CT molecular complexity index is 849. The molecule has 2 heterocycles. The van der Waals surface area contributed by atoms with Gasteiger partial charge < -0.3 is 9.73 Å². The summed E-state index contributed by atoms with van der Waals surface area (Å²) in [6, 6.07) is 9.51. The van der Waals surface area contributed by atoms with Crippen LogP contribution in [-0.2, 0) is 9.59 Å². The largest absolute Gasteiger partial charge is 0.438 e. The SMILES string of the molecule is CCC(=O)CCCCCC(NC(=O)C1CCCCCN1C)c1ncc(-c2ccccc2)o1. The van der Waals surface area contributed by atoms with Crippen LogP contribution in [0.5, 0.6) is 0 Å². The minimum absolute atomic E-state index is 0.0556. The van der Waals surface area contributed by atoms with Gasteiger partial charge in [0.25, 0.3) is 0 Å². The van der Waals surface area contributed by atoms with Crippen molar-refractivity contribution in [2.75, 3.05) is 13.6 Å². The highest BCUT2D eigenvalue weighted by Crippen LogP contribution is 2.26. The molecular formula is C26H37N3O3. The number of likely N-dealkylation sites (tertiary alicyclic amines) is 1. The van der Waals surface area contributed by atoms with Crippen molar-refractivity contribution in [2.24, 2.45) is 0 Å². The van der Waals surface area contributed by atoms with Crippen LogP contribution in [0.3, 0.4) is 0 Å². The van der Waals surface area contributed by atoms with E-state index in [2.05, 4.69) is 15.2 Å². The van der Waals surface area contributed by atoms with Crippen LogP contribution in [0.2, 0.25) is 0 Å². The Kier molecular flexibility index (Phi) is 9.47. The van der Waals surface area contributed by atoms with Crippen LogP contribution in [0.1, 0.15) is 83.1 Å². The first kappa shape index (κ1) is 24.2. The molecule has 1 fully saturated rings. The number of carbonyl (C=O) groups is 2. The number of unbranched alkanes of at least 4 members (excludes halogenated alkanes) is 2. The van der Waals surface area contributed by atoms with Crippen LogP contribution in [0.15, 0.2) is 40.9 Å². The second kappa shape index (κ2) is 12.5. The first-order valence-corrected chi connectivity index (χ1v) is 12.1. The zero-order chi connectivity index (χ0) is 22.8. The molecule has 32 heavy (non-hydrogen) atoms. The molecule has 2 atom stereocenters. The summed E-state index contributed by atoms with van der Waals surface area (Å²) in [6.07, 6.45) is 10.8. The molecule has 2 aromatic rings. The van der Waals surface area contributed by atoms with Gasteiger partial charge in [-0.1, -0.05) is 62.9 Å². The Hall–Kier alpha value is -2.47. The number of likely N-dealkylation sites (N-methyl/N-ethyl adjacent to an activating group) is 1. The number of rotatable bonds is 11. The Balaban J connectivity index is 1.67. The van der Waals surface area contributed by atoms with Gasteiger partial charge >= 0.3 is 0 Å². The lowest BCUT2D eigenvalue weighted by molar-refractivity contribution is -0.127. The lowest BCUT2D eigenvalue weighted by atomic mass is 10.0. The molecule has 0 radical (unpaired) electrons. The minimum atomic E-state index is -0.265. The summed E-state index contributed by atoms with van der Waals surface area (Å²) in [4.78, 5) is 31.4. The average molecular weight is 440 g/mol. The number of nitrogens with zero attached hydrogens (tertiary/aromatic N) is 2. The van der Waals surface area contributed by atoms with E-state index in [9.17, 15) is 9.59 Å². The number of ketones is 1. The fourth-order valence-corrected chi connectivity index (χ4v) is 4.32. The Morgan fingerprint density at radius 2 is 1.97 bits per heavy atom. The molecule has 3 rings (SSSR count). The fourth-order valence-electron chi connectivity index (χ4n) is 4.32. The standard InChI is InChI=1S/C26H37N3O3/c1-3-21(30)15-9-5-10-16-22(28-25(31)23-17-11-6-12-18-29(23)2)26-27-19-24(32-26)20-13-7-4-8-14-20/h4,7-8,13-14,19,22-23H,3,5-6,9-12,15-18H2,1-2H3,(H,28,31). The van der Waals surface area contributed by atoms with E-state index in [0.29, 0.717) is 30.3 Å². The van der Waals surface area contributed by atoms with Crippen LogP contribution in [0.25, 0.3) is 11.3 Å². The van der Waals surface area contributed by atoms with Crippen LogP contribution in [0.4, 0.5) is 0 Å². The molecule has 1 N–H and O–H groups in total. The lowest BCUT2D eigenvalue weighted by Gasteiger charge is -2.26. The van der Waals surface area contributed by atoms with E-state index in [4.69, 9.17) is 4.42 Å². The quantitative estimate of drug-likeness (QED) is 0.481. The van der Waals surface area contributed by atoms with E-state index in [0.717, 1.165) is 57.1 Å². The van der Waals surface area contributed by atoms with Crippen molar-refractivity contribution in [3.63, 3.8) is 0 Å². The third kappa shape index (κ3) is 7.02. The van der Waals surface area contributed by atoms with Gasteiger partial charge in [0.1, 0.15) is 11.8 Å². The number of amides is 1. The highest BCUT2D eigenvalue weighted by molar-refractivity contribution is 5.82. The Morgan fingerprint density at radius 1 is 1.16 bits per heavy atom. The highest BCUT2D eigenvalue weighted by atomic mass is 16.4. The predicted octanol–water partition coefficient (Wildman–Crippen LogP) is 5.30. The van der Waals surface area contributed by atoms with Gasteiger partial charge in [0.15, 0.2) is 5.76 Å². The van der Waals surface area contributed by atoms with E-state index in [1.807, 2.05) is 44.3 Å². The molecule has 1 aromatic carbocycles. The summed E-state index contributed by atoms with van der Waals surface area (Å²) in [5.74, 6) is 1.63. The van der Waals surface area contributed by atoms with Crippen molar-refractivity contribution < 1.29 is 14.0 Å². The maximum Gasteiger partial charge on any atom is 0.237 e. The van der Waals surface area contributed by atoms with E-state index in [-0.39, 0.29) is 18.0 Å².